The number of carbonyl (C=O) groups excluding carboxylic acids is 2. The van der Waals surface area contributed by atoms with Gasteiger partial charge in [-0.25, -0.2) is 0 Å². The van der Waals surface area contributed by atoms with Crippen LogP contribution >= 0.6 is 0 Å². The summed E-state index contributed by atoms with van der Waals surface area (Å²) in [4.78, 5) is 24.5. The van der Waals surface area contributed by atoms with E-state index in [-0.39, 0.29) is 17.9 Å². The van der Waals surface area contributed by atoms with Crippen molar-refractivity contribution in [2.45, 2.75) is 52.5 Å². The van der Waals surface area contributed by atoms with Crippen molar-refractivity contribution in [1.29, 1.82) is 0 Å². The Morgan fingerprint density at radius 2 is 1.57 bits per heavy atom. The maximum absolute atomic E-state index is 12.4. The van der Waals surface area contributed by atoms with E-state index in [1.165, 1.54) is 5.56 Å². The second-order valence-electron chi connectivity index (χ2n) is 6.44. The molecule has 0 unspecified atom stereocenters. The Labute approximate surface area is 126 Å². The van der Waals surface area contributed by atoms with Gasteiger partial charge in [0.25, 0.3) is 0 Å². The van der Waals surface area contributed by atoms with Crippen molar-refractivity contribution in [2.75, 3.05) is 5.32 Å². The maximum Gasteiger partial charge on any atom is 0.240 e. The van der Waals surface area contributed by atoms with Crippen molar-refractivity contribution in [3.05, 3.63) is 29.8 Å². The molecule has 4 nitrogen and oxygen atoms in total. The number of hydrogen-bond acceptors (Lipinski definition) is 2. The second-order valence-corrected chi connectivity index (χ2v) is 6.44. The molecule has 1 aromatic carbocycles. The SMILES string of the molecule is CC(C)NC(=O)C1(C(=O)Nc2ccc(C(C)C)cc2)CC1. The number of rotatable bonds is 5. The van der Waals surface area contributed by atoms with Crippen LogP contribution in [0.3, 0.4) is 0 Å². The van der Waals surface area contributed by atoms with Crippen LogP contribution in [0.15, 0.2) is 24.3 Å². The largest absolute Gasteiger partial charge is 0.353 e. The first kappa shape index (κ1) is 15.5. The van der Waals surface area contributed by atoms with E-state index in [2.05, 4.69) is 24.5 Å². The van der Waals surface area contributed by atoms with Gasteiger partial charge in [-0.05, 0) is 50.3 Å². The fraction of sp³-hybridized carbons (Fsp3) is 0.529. The predicted molar refractivity (Wildman–Crippen MR) is 84.1 cm³/mol. The first-order valence-electron chi connectivity index (χ1n) is 7.57. The van der Waals surface area contributed by atoms with Gasteiger partial charge in [-0.15, -0.1) is 0 Å². The number of amides is 2. The molecule has 2 N–H and O–H groups in total. The normalized spacial score (nSPS) is 15.9. The zero-order valence-electron chi connectivity index (χ0n) is 13.2. The van der Waals surface area contributed by atoms with Crippen LogP contribution in [0, 0.1) is 5.41 Å². The van der Waals surface area contributed by atoms with Gasteiger partial charge in [-0.3, -0.25) is 9.59 Å². The lowest BCUT2D eigenvalue weighted by atomic mass is 10.0. The van der Waals surface area contributed by atoms with Crippen molar-refractivity contribution < 1.29 is 9.59 Å². The van der Waals surface area contributed by atoms with Crippen LogP contribution in [0.2, 0.25) is 0 Å². The molecule has 1 fully saturated rings. The summed E-state index contributed by atoms with van der Waals surface area (Å²) in [6, 6.07) is 7.85. The van der Waals surface area contributed by atoms with E-state index in [0.717, 1.165) is 5.69 Å². The number of hydrogen-bond donors (Lipinski definition) is 2. The summed E-state index contributed by atoms with van der Waals surface area (Å²) in [6.07, 6.45) is 1.25. The molecule has 0 heterocycles. The third-order valence-corrected chi connectivity index (χ3v) is 3.87. The summed E-state index contributed by atoms with van der Waals surface area (Å²) < 4.78 is 0. The molecular weight excluding hydrogens is 264 g/mol. The van der Waals surface area contributed by atoms with Gasteiger partial charge in [0, 0.05) is 11.7 Å². The molecule has 21 heavy (non-hydrogen) atoms. The molecule has 114 valence electrons. The second kappa shape index (κ2) is 5.88. The molecule has 1 aromatic rings. The molecule has 1 aliphatic rings. The van der Waals surface area contributed by atoms with E-state index in [9.17, 15) is 9.59 Å². The van der Waals surface area contributed by atoms with Crippen LogP contribution in [0.5, 0.6) is 0 Å². The molecule has 0 spiro atoms. The number of anilines is 1. The molecule has 1 saturated carbocycles. The highest BCUT2D eigenvalue weighted by Gasteiger charge is 2.56. The monoisotopic (exact) mass is 288 g/mol. The lowest BCUT2D eigenvalue weighted by molar-refractivity contribution is -0.134. The average Bonchev–Trinajstić information content (AvgIpc) is 3.20. The van der Waals surface area contributed by atoms with Gasteiger partial charge in [-0.1, -0.05) is 26.0 Å². The topological polar surface area (TPSA) is 58.2 Å². The number of carbonyl (C=O) groups is 2. The molecule has 0 aromatic heterocycles. The maximum atomic E-state index is 12.4. The Kier molecular flexibility index (Phi) is 4.35. The van der Waals surface area contributed by atoms with Gasteiger partial charge in [0.15, 0.2) is 0 Å². The molecule has 0 saturated heterocycles. The van der Waals surface area contributed by atoms with Gasteiger partial charge < -0.3 is 10.6 Å². The van der Waals surface area contributed by atoms with Gasteiger partial charge in [0.05, 0.1) is 0 Å². The van der Waals surface area contributed by atoms with E-state index in [0.29, 0.717) is 18.8 Å². The van der Waals surface area contributed by atoms with E-state index in [1.54, 1.807) is 0 Å². The number of nitrogens with one attached hydrogen (secondary N) is 2. The zero-order valence-corrected chi connectivity index (χ0v) is 13.2. The quantitative estimate of drug-likeness (QED) is 0.818. The highest BCUT2D eigenvalue weighted by atomic mass is 16.2. The lowest BCUT2D eigenvalue weighted by Gasteiger charge is -2.17. The summed E-state index contributed by atoms with van der Waals surface area (Å²) in [7, 11) is 0. The molecule has 2 amide bonds. The summed E-state index contributed by atoms with van der Waals surface area (Å²) in [6.45, 7) is 8.05. The summed E-state index contributed by atoms with van der Waals surface area (Å²) >= 11 is 0. The van der Waals surface area contributed by atoms with Gasteiger partial charge in [-0.2, -0.15) is 0 Å². The summed E-state index contributed by atoms with van der Waals surface area (Å²) in [5.74, 6) is 0.105. The molecule has 0 aliphatic heterocycles. The van der Waals surface area contributed by atoms with E-state index >= 15 is 0 Å². The molecule has 4 heteroatoms. The molecule has 2 rings (SSSR count). The predicted octanol–water partition coefficient (Wildman–Crippen LogP) is 3.05. The minimum atomic E-state index is -0.860. The third kappa shape index (κ3) is 3.43. The van der Waals surface area contributed by atoms with E-state index in [4.69, 9.17) is 0 Å². The van der Waals surface area contributed by atoms with Crippen LogP contribution in [-0.2, 0) is 9.59 Å². The van der Waals surface area contributed by atoms with Crippen LogP contribution in [0.25, 0.3) is 0 Å². The minimum Gasteiger partial charge on any atom is -0.353 e. The standard InChI is InChI=1S/C17H24N2O2/c1-11(2)13-5-7-14(8-6-13)19-16(21)17(9-10-17)15(20)18-12(3)4/h5-8,11-12H,9-10H2,1-4H3,(H,18,20)(H,19,21). The van der Waals surface area contributed by atoms with E-state index in [1.807, 2.05) is 38.1 Å². The van der Waals surface area contributed by atoms with Crippen LogP contribution in [0.1, 0.15) is 52.0 Å². The molecule has 0 bridgehead atoms. The highest BCUT2D eigenvalue weighted by molar-refractivity contribution is 6.13. The smallest absolute Gasteiger partial charge is 0.240 e. The fourth-order valence-electron chi connectivity index (χ4n) is 2.28. The fourth-order valence-corrected chi connectivity index (χ4v) is 2.28. The average molecular weight is 288 g/mol. The van der Waals surface area contributed by atoms with Crippen molar-refractivity contribution in [3.63, 3.8) is 0 Å². The first-order valence-corrected chi connectivity index (χ1v) is 7.57. The zero-order chi connectivity index (χ0) is 15.6. The van der Waals surface area contributed by atoms with Crippen LogP contribution < -0.4 is 10.6 Å². The molecular formula is C17H24N2O2. The molecule has 0 atom stereocenters. The Morgan fingerprint density at radius 1 is 1.00 bits per heavy atom. The van der Waals surface area contributed by atoms with Crippen LogP contribution in [0.4, 0.5) is 5.69 Å². The third-order valence-electron chi connectivity index (χ3n) is 3.87. The van der Waals surface area contributed by atoms with E-state index < -0.39 is 5.41 Å². The van der Waals surface area contributed by atoms with Crippen molar-refractivity contribution in [1.82, 2.24) is 5.32 Å². The van der Waals surface area contributed by atoms with Gasteiger partial charge in [0.1, 0.15) is 5.41 Å². The Balaban J connectivity index is 2.02. The lowest BCUT2D eigenvalue weighted by Crippen LogP contribution is -2.42. The highest BCUT2D eigenvalue weighted by Crippen LogP contribution is 2.46. The Hall–Kier alpha value is -1.84. The van der Waals surface area contributed by atoms with Crippen molar-refractivity contribution in [2.24, 2.45) is 5.41 Å². The minimum absolute atomic E-state index is 0.0492. The number of benzene rings is 1. The molecule has 0 radical (unpaired) electrons. The Bertz CT molecular complexity index is 528. The summed E-state index contributed by atoms with van der Waals surface area (Å²) in [5, 5.41) is 5.70. The van der Waals surface area contributed by atoms with Gasteiger partial charge >= 0.3 is 0 Å². The van der Waals surface area contributed by atoms with Crippen LogP contribution in [-0.4, -0.2) is 17.9 Å². The van der Waals surface area contributed by atoms with Gasteiger partial charge in [0.2, 0.25) is 11.8 Å². The molecule has 1 aliphatic carbocycles. The van der Waals surface area contributed by atoms with Crippen molar-refractivity contribution >= 4 is 17.5 Å². The Morgan fingerprint density at radius 3 is 2.00 bits per heavy atom. The van der Waals surface area contributed by atoms with Crippen molar-refractivity contribution in [3.8, 4) is 0 Å². The summed E-state index contributed by atoms with van der Waals surface area (Å²) in [5.41, 5.74) is 1.11. The first-order chi connectivity index (χ1) is 9.85.